The molecule has 0 aromatic heterocycles. The third-order valence-electron chi connectivity index (χ3n) is 6.56. The fraction of sp³-hybridized carbons (Fsp3) is 0.290. The van der Waals surface area contributed by atoms with Gasteiger partial charge in [-0.3, -0.25) is 9.59 Å². The normalized spacial score (nSPS) is 16.3. The molecule has 0 saturated carbocycles. The molecule has 1 fully saturated rings. The lowest BCUT2D eigenvalue weighted by atomic mass is 9.95. The van der Waals surface area contributed by atoms with Gasteiger partial charge < -0.3 is 29.0 Å². The molecule has 4 rings (SSSR count). The molecular formula is C31H33NO7. The highest BCUT2D eigenvalue weighted by Crippen LogP contribution is 2.41. The molecule has 1 aliphatic heterocycles. The number of aliphatic hydroxyl groups excluding tert-OH is 1. The van der Waals surface area contributed by atoms with Crippen molar-refractivity contribution in [3.63, 3.8) is 0 Å². The molecule has 1 amide bonds. The van der Waals surface area contributed by atoms with Crippen LogP contribution in [-0.4, -0.2) is 55.7 Å². The zero-order valence-corrected chi connectivity index (χ0v) is 22.6. The van der Waals surface area contributed by atoms with Crippen molar-refractivity contribution in [3.8, 4) is 23.0 Å². The standard InChI is InChI=1S/C31H33NO7/c1-5-38-22-13-14-23(25(19-22)39-6-2)29(33)27-28(21-10-8-7-9-11-21)32(31(35)30(27)34)17-16-20-12-15-24(36-3)26(18-20)37-4/h7-15,18-19,28,33H,5-6,16-17H2,1-4H3/b29-27-. The van der Waals surface area contributed by atoms with Crippen LogP contribution >= 0.6 is 0 Å². The third kappa shape index (κ3) is 5.70. The molecule has 3 aromatic carbocycles. The Morgan fingerprint density at radius 3 is 2.23 bits per heavy atom. The lowest BCUT2D eigenvalue weighted by Gasteiger charge is -2.25. The smallest absolute Gasteiger partial charge is 0.295 e. The Morgan fingerprint density at radius 2 is 1.56 bits per heavy atom. The number of hydrogen-bond acceptors (Lipinski definition) is 7. The number of hydrogen-bond donors (Lipinski definition) is 1. The van der Waals surface area contributed by atoms with Gasteiger partial charge in [-0.1, -0.05) is 36.4 Å². The van der Waals surface area contributed by atoms with Gasteiger partial charge in [0.15, 0.2) is 11.5 Å². The first-order valence-corrected chi connectivity index (χ1v) is 12.9. The Kier molecular flexibility index (Phi) is 8.76. The lowest BCUT2D eigenvalue weighted by Crippen LogP contribution is -2.31. The summed E-state index contributed by atoms with van der Waals surface area (Å²) in [7, 11) is 3.13. The van der Waals surface area contributed by atoms with Crippen molar-refractivity contribution in [2.75, 3.05) is 34.0 Å². The summed E-state index contributed by atoms with van der Waals surface area (Å²) in [6.45, 7) is 4.76. The summed E-state index contributed by atoms with van der Waals surface area (Å²) in [6, 6.07) is 19.0. The van der Waals surface area contributed by atoms with Crippen molar-refractivity contribution < 1.29 is 33.6 Å². The molecule has 0 aliphatic carbocycles. The van der Waals surface area contributed by atoms with Crippen LogP contribution in [-0.2, 0) is 16.0 Å². The van der Waals surface area contributed by atoms with Crippen molar-refractivity contribution >= 4 is 17.4 Å². The van der Waals surface area contributed by atoms with Gasteiger partial charge in [0.05, 0.1) is 44.6 Å². The molecule has 39 heavy (non-hydrogen) atoms. The summed E-state index contributed by atoms with van der Waals surface area (Å²) in [4.78, 5) is 28.3. The number of carbonyl (C=O) groups excluding carboxylic acids is 2. The van der Waals surface area contributed by atoms with E-state index in [4.69, 9.17) is 18.9 Å². The molecule has 0 bridgehead atoms. The topological polar surface area (TPSA) is 94.5 Å². The van der Waals surface area contributed by atoms with Crippen LogP contribution in [0.25, 0.3) is 5.76 Å². The van der Waals surface area contributed by atoms with Gasteiger partial charge in [0.25, 0.3) is 11.7 Å². The summed E-state index contributed by atoms with van der Waals surface area (Å²) >= 11 is 0. The van der Waals surface area contributed by atoms with Gasteiger partial charge in [0.2, 0.25) is 0 Å². The number of carbonyl (C=O) groups is 2. The van der Waals surface area contributed by atoms with Gasteiger partial charge in [-0.25, -0.2) is 0 Å². The SMILES string of the molecule is CCOc1ccc(/C(O)=C2/C(=O)C(=O)N(CCc3ccc(OC)c(OC)c3)C2c2ccccc2)c(OCC)c1. The minimum absolute atomic E-state index is 0.0172. The highest BCUT2D eigenvalue weighted by Gasteiger charge is 2.46. The maximum Gasteiger partial charge on any atom is 0.295 e. The summed E-state index contributed by atoms with van der Waals surface area (Å²) < 4.78 is 22.1. The Balaban J connectivity index is 1.76. The average molecular weight is 532 g/mol. The number of rotatable bonds is 11. The highest BCUT2D eigenvalue weighted by molar-refractivity contribution is 6.46. The van der Waals surface area contributed by atoms with Crippen LogP contribution in [0.1, 0.15) is 36.6 Å². The molecule has 204 valence electrons. The molecule has 1 saturated heterocycles. The third-order valence-corrected chi connectivity index (χ3v) is 6.56. The molecule has 0 radical (unpaired) electrons. The van der Waals surface area contributed by atoms with E-state index in [1.165, 1.54) is 4.90 Å². The van der Waals surface area contributed by atoms with Crippen molar-refractivity contribution in [1.29, 1.82) is 0 Å². The maximum absolute atomic E-state index is 13.4. The van der Waals surface area contributed by atoms with Gasteiger partial charge in [0.1, 0.15) is 17.3 Å². The summed E-state index contributed by atoms with van der Waals surface area (Å²) in [5, 5.41) is 11.5. The van der Waals surface area contributed by atoms with Gasteiger partial charge >= 0.3 is 0 Å². The van der Waals surface area contributed by atoms with Gasteiger partial charge in [0, 0.05) is 12.6 Å². The number of methoxy groups -OCH3 is 2. The number of aliphatic hydroxyl groups is 1. The number of ketones is 1. The molecule has 1 unspecified atom stereocenters. The van der Waals surface area contributed by atoms with Crippen LogP contribution in [0.2, 0.25) is 0 Å². The van der Waals surface area contributed by atoms with E-state index in [-0.39, 0.29) is 17.9 Å². The van der Waals surface area contributed by atoms with Crippen molar-refractivity contribution in [1.82, 2.24) is 4.90 Å². The van der Waals surface area contributed by atoms with Crippen molar-refractivity contribution in [3.05, 3.63) is 89.0 Å². The zero-order valence-electron chi connectivity index (χ0n) is 22.6. The molecule has 0 spiro atoms. The van der Waals surface area contributed by atoms with Crippen molar-refractivity contribution in [2.45, 2.75) is 26.3 Å². The first kappa shape index (κ1) is 27.6. The number of likely N-dealkylation sites (tertiary alicyclic amines) is 1. The highest BCUT2D eigenvalue weighted by atomic mass is 16.5. The van der Waals surface area contributed by atoms with Crippen LogP contribution in [0.5, 0.6) is 23.0 Å². The second kappa shape index (κ2) is 12.4. The molecule has 1 atom stereocenters. The first-order chi connectivity index (χ1) is 18.9. The molecule has 3 aromatic rings. The van der Waals surface area contributed by atoms with Crippen LogP contribution in [0.3, 0.4) is 0 Å². The van der Waals surface area contributed by atoms with Gasteiger partial charge in [-0.2, -0.15) is 0 Å². The lowest BCUT2D eigenvalue weighted by molar-refractivity contribution is -0.139. The van der Waals surface area contributed by atoms with E-state index in [1.807, 2.05) is 56.3 Å². The Morgan fingerprint density at radius 1 is 0.846 bits per heavy atom. The van der Waals surface area contributed by atoms with E-state index in [1.54, 1.807) is 38.5 Å². The van der Waals surface area contributed by atoms with E-state index in [0.29, 0.717) is 48.2 Å². The minimum atomic E-state index is -0.771. The molecular weight excluding hydrogens is 498 g/mol. The Hall–Kier alpha value is -4.46. The van der Waals surface area contributed by atoms with E-state index >= 15 is 0 Å². The second-order valence-electron chi connectivity index (χ2n) is 8.87. The van der Waals surface area contributed by atoms with E-state index in [9.17, 15) is 14.7 Å². The Bertz CT molecular complexity index is 1370. The van der Waals surface area contributed by atoms with Crippen LogP contribution in [0.15, 0.2) is 72.3 Å². The average Bonchev–Trinajstić information content (AvgIpc) is 3.21. The number of Topliss-reactive ketones (excluding diaryl/α,β-unsaturated/α-hetero) is 1. The summed E-state index contributed by atoms with van der Waals surface area (Å²) in [6.07, 6.45) is 0.462. The van der Waals surface area contributed by atoms with Crippen molar-refractivity contribution in [2.24, 2.45) is 0 Å². The number of ether oxygens (including phenoxy) is 4. The van der Waals surface area contributed by atoms with Gasteiger partial charge in [-0.05, 0) is 55.7 Å². The number of amides is 1. The van der Waals surface area contributed by atoms with E-state index < -0.39 is 17.7 Å². The van der Waals surface area contributed by atoms with Crippen LogP contribution in [0, 0.1) is 0 Å². The van der Waals surface area contributed by atoms with Crippen LogP contribution in [0.4, 0.5) is 0 Å². The fourth-order valence-electron chi connectivity index (χ4n) is 4.75. The predicted molar refractivity (Wildman–Crippen MR) is 147 cm³/mol. The second-order valence-corrected chi connectivity index (χ2v) is 8.87. The molecule has 8 heteroatoms. The van der Waals surface area contributed by atoms with E-state index in [0.717, 1.165) is 11.1 Å². The Labute approximate surface area is 228 Å². The first-order valence-electron chi connectivity index (χ1n) is 12.9. The summed E-state index contributed by atoms with van der Waals surface area (Å²) in [5.41, 5.74) is 1.96. The van der Waals surface area contributed by atoms with Gasteiger partial charge in [-0.15, -0.1) is 0 Å². The maximum atomic E-state index is 13.4. The number of benzene rings is 3. The fourth-order valence-corrected chi connectivity index (χ4v) is 4.75. The predicted octanol–water partition coefficient (Wildman–Crippen LogP) is 5.17. The zero-order chi connectivity index (χ0) is 27.9. The monoisotopic (exact) mass is 531 g/mol. The largest absolute Gasteiger partial charge is 0.507 e. The molecule has 1 heterocycles. The van der Waals surface area contributed by atoms with E-state index in [2.05, 4.69) is 0 Å². The molecule has 1 aliphatic rings. The van der Waals surface area contributed by atoms with Crippen LogP contribution < -0.4 is 18.9 Å². The quantitative estimate of drug-likeness (QED) is 0.207. The molecule has 8 nitrogen and oxygen atoms in total. The summed E-state index contributed by atoms with van der Waals surface area (Å²) in [5.74, 6) is 0.418. The molecule has 1 N–H and O–H groups in total. The number of nitrogens with zero attached hydrogens (tertiary/aromatic N) is 1. The minimum Gasteiger partial charge on any atom is -0.507 e.